The van der Waals surface area contributed by atoms with Crippen LogP contribution in [0.25, 0.3) is 22.6 Å². The van der Waals surface area contributed by atoms with Crippen LogP contribution >= 0.6 is 0 Å². The second-order valence-corrected chi connectivity index (χ2v) is 4.35. The highest BCUT2D eigenvalue weighted by atomic mass is 15.1. The fourth-order valence-electron chi connectivity index (χ4n) is 2.26. The Morgan fingerprint density at radius 3 is 2.63 bits per heavy atom. The van der Waals surface area contributed by atoms with E-state index in [1.165, 1.54) is 0 Å². The highest BCUT2D eigenvalue weighted by Crippen LogP contribution is 2.24. The predicted octanol–water partition coefficient (Wildman–Crippen LogP) is 3.16. The number of fused-ring (bicyclic) bond motifs is 1. The first-order valence-corrected chi connectivity index (χ1v) is 6.43. The summed E-state index contributed by atoms with van der Waals surface area (Å²) in [6.07, 6.45) is 1.81. The lowest BCUT2D eigenvalue weighted by Crippen LogP contribution is -1.98. The van der Waals surface area contributed by atoms with E-state index in [-0.39, 0.29) is 0 Å². The zero-order valence-electron chi connectivity index (χ0n) is 11.1. The topological polar surface area (TPSA) is 42.7 Å². The monoisotopic (exact) mass is 252 g/mol. The molecule has 0 saturated carbocycles. The average molecular weight is 252 g/mol. The zero-order valence-corrected chi connectivity index (χ0v) is 11.1. The molecule has 0 atom stereocenters. The smallest absolute Gasteiger partial charge is 0.160 e. The Morgan fingerprint density at radius 2 is 1.95 bits per heavy atom. The Morgan fingerprint density at radius 1 is 1.16 bits per heavy atom. The summed E-state index contributed by atoms with van der Waals surface area (Å²) in [7, 11) is 1.92. The number of hydrogen-bond acceptors (Lipinski definition) is 3. The summed E-state index contributed by atoms with van der Waals surface area (Å²) < 4.78 is 2.14. The van der Waals surface area contributed by atoms with Crippen LogP contribution in [0.15, 0.2) is 42.6 Å². The van der Waals surface area contributed by atoms with Crippen LogP contribution in [0.1, 0.15) is 6.92 Å². The molecule has 0 fully saturated rings. The van der Waals surface area contributed by atoms with Crippen LogP contribution in [0.4, 0.5) is 5.69 Å². The van der Waals surface area contributed by atoms with E-state index in [2.05, 4.69) is 51.0 Å². The molecule has 0 saturated heterocycles. The van der Waals surface area contributed by atoms with Gasteiger partial charge >= 0.3 is 0 Å². The standard InChI is InChI=1S/C15H16N4/c1-3-19-14(11-6-8-12(16-2)9-7-11)18-13-5-4-10-17-15(13)19/h4-10,16H,3H2,1-2H3. The van der Waals surface area contributed by atoms with E-state index in [1.54, 1.807) is 0 Å². The first kappa shape index (κ1) is 11.7. The third-order valence-corrected chi connectivity index (χ3v) is 3.25. The van der Waals surface area contributed by atoms with Crippen LogP contribution in [0, 0.1) is 0 Å². The summed E-state index contributed by atoms with van der Waals surface area (Å²) >= 11 is 0. The maximum Gasteiger partial charge on any atom is 0.160 e. The van der Waals surface area contributed by atoms with Crippen molar-refractivity contribution in [2.24, 2.45) is 0 Å². The van der Waals surface area contributed by atoms with Gasteiger partial charge in [-0.05, 0) is 43.3 Å². The Labute approximate surface area is 112 Å². The number of aromatic nitrogens is 3. The van der Waals surface area contributed by atoms with Crippen molar-refractivity contribution in [2.75, 3.05) is 12.4 Å². The van der Waals surface area contributed by atoms with Gasteiger partial charge in [-0.25, -0.2) is 9.97 Å². The summed E-state index contributed by atoms with van der Waals surface area (Å²) in [4.78, 5) is 9.11. The first-order chi connectivity index (χ1) is 9.33. The normalized spacial score (nSPS) is 10.8. The maximum absolute atomic E-state index is 4.69. The highest BCUT2D eigenvalue weighted by Gasteiger charge is 2.11. The van der Waals surface area contributed by atoms with Gasteiger partial charge in [-0.1, -0.05) is 0 Å². The van der Waals surface area contributed by atoms with Crippen LogP contribution < -0.4 is 5.32 Å². The van der Waals surface area contributed by atoms with Crippen LogP contribution in [0.3, 0.4) is 0 Å². The molecule has 0 spiro atoms. The Hall–Kier alpha value is -2.36. The molecule has 0 amide bonds. The Balaban J connectivity index is 2.17. The minimum Gasteiger partial charge on any atom is -0.388 e. The van der Waals surface area contributed by atoms with Gasteiger partial charge in [-0.15, -0.1) is 0 Å². The van der Waals surface area contributed by atoms with Gasteiger partial charge in [-0.2, -0.15) is 0 Å². The number of pyridine rings is 1. The van der Waals surface area contributed by atoms with Crippen molar-refractivity contribution in [1.82, 2.24) is 14.5 Å². The van der Waals surface area contributed by atoms with Crippen molar-refractivity contribution in [3.05, 3.63) is 42.6 Å². The molecular formula is C15H16N4. The fourth-order valence-corrected chi connectivity index (χ4v) is 2.26. The number of aryl methyl sites for hydroxylation is 1. The average Bonchev–Trinajstić information content (AvgIpc) is 2.85. The quantitative estimate of drug-likeness (QED) is 0.778. The first-order valence-electron chi connectivity index (χ1n) is 6.43. The molecule has 2 heterocycles. The molecular weight excluding hydrogens is 236 g/mol. The summed E-state index contributed by atoms with van der Waals surface area (Å²) in [6, 6.07) is 12.2. The number of benzene rings is 1. The number of nitrogens with one attached hydrogen (secondary N) is 1. The highest BCUT2D eigenvalue weighted by molar-refractivity contribution is 5.77. The van der Waals surface area contributed by atoms with E-state index >= 15 is 0 Å². The van der Waals surface area contributed by atoms with Gasteiger partial charge in [0.25, 0.3) is 0 Å². The van der Waals surface area contributed by atoms with Crippen molar-refractivity contribution in [3.8, 4) is 11.4 Å². The lowest BCUT2D eigenvalue weighted by molar-refractivity contribution is 0.787. The van der Waals surface area contributed by atoms with Gasteiger partial charge in [0.2, 0.25) is 0 Å². The molecule has 3 rings (SSSR count). The molecule has 3 aromatic rings. The third kappa shape index (κ3) is 1.95. The van der Waals surface area contributed by atoms with Crippen molar-refractivity contribution < 1.29 is 0 Å². The predicted molar refractivity (Wildman–Crippen MR) is 78.2 cm³/mol. The van der Waals surface area contributed by atoms with E-state index in [1.807, 2.05) is 25.4 Å². The van der Waals surface area contributed by atoms with Gasteiger partial charge in [0, 0.05) is 31.0 Å². The lowest BCUT2D eigenvalue weighted by atomic mass is 10.2. The maximum atomic E-state index is 4.69. The molecule has 4 nitrogen and oxygen atoms in total. The van der Waals surface area contributed by atoms with Gasteiger partial charge in [0.05, 0.1) is 0 Å². The molecule has 0 bridgehead atoms. The van der Waals surface area contributed by atoms with E-state index in [9.17, 15) is 0 Å². The minimum atomic E-state index is 0.858. The van der Waals surface area contributed by atoms with Crippen molar-refractivity contribution in [2.45, 2.75) is 13.5 Å². The molecule has 2 aromatic heterocycles. The Kier molecular flexibility index (Phi) is 2.91. The molecule has 4 heteroatoms. The molecule has 0 aliphatic heterocycles. The van der Waals surface area contributed by atoms with E-state index in [4.69, 9.17) is 0 Å². The van der Waals surface area contributed by atoms with Crippen LogP contribution in [0.5, 0.6) is 0 Å². The van der Waals surface area contributed by atoms with Gasteiger partial charge < -0.3 is 9.88 Å². The fraction of sp³-hybridized carbons (Fsp3) is 0.200. The van der Waals surface area contributed by atoms with Crippen LogP contribution in [-0.2, 0) is 6.54 Å². The second kappa shape index (κ2) is 4.72. The number of imidazole rings is 1. The number of anilines is 1. The van der Waals surface area contributed by atoms with Crippen molar-refractivity contribution in [3.63, 3.8) is 0 Å². The van der Waals surface area contributed by atoms with Gasteiger partial charge in [0.15, 0.2) is 5.65 Å². The molecule has 0 unspecified atom stereocenters. The Bertz CT molecular complexity index is 698. The second-order valence-electron chi connectivity index (χ2n) is 4.35. The molecule has 96 valence electrons. The number of hydrogen-bond donors (Lipinski definition) is 1. The molecule has 0 radical (unpaired) electrons. The van der Waals surface area contributed by atoms with E-state index in [0.29, 0.717) is 0 Å². The molecule has 0 aliphatic rings. The zero-order chi connectivity index (χ0) is 13.2. The van der Waals surface area contributed by atoms with Gasteiger partial charge in [-0.3, -0.25) is 0 Å². The van der Waals surface area contributed by atoms with Crippen molar-refractivity contribution >= 4 is 16.9 Å². The summed E-state index contributed by atoms with van der Waals surface area (Å²) in [5.74, 6) is 0.971. The van der Waals surface area contributed by atoms with Crippen molar-refractivity contribution in [1.29, 1.82) is 0 Å². The van der Waals surface area contributed by atoms with Crippen LogP contribution in [0.2, 0.25) is 0 Å². The number of nitrogens with zero attached hydrogens (tertiary/aromatic N) is 3. The summed E-state index contributed by atoms with van der Waals surface area (Å²) in [5.41, 5.74) is 4.09. The summed E-state index contributed by atoms with van der Waals surface area (Å²) in [5, 5.41) is 3.12. The molecule has 1 N–H and O–H groups in total. The summed E-state index contributed by atoms with van der Waals surface area (Å²) in [6.45, 7) is 2.97. The van der Waals surface area contributed by atoms with Crippen LogP contribution in [-0.4, -0.2) is 21.6 Å². The molecule has 1 aromatic carbocycles. The van der Waals surface area contributed by atoms with E-state index < -0.39 is 0 Å². The minimum absolute atomic E-state index is 0.858. The molecule has 19 heavy (non-hydrogen) atoms. The third-order valence-electron chi connectivity index (χ3n) is 3.25. The van der Waals surface area contributed by atoms with Gasteiger partial charge in [0.1, 0.15) is 11.3 Å². The largest absolute Gasteiger partial charge is 0.388 e. The SMILES string of the molecule is CCn1c(-c2ccc(NC)cc2)nc2cccnc21. The lowest BCUT2D eigenvalue weighted by Gasteiger charge is -2.06. The van der Waals surface area contributed by atoms with E-state index in [0.717, 1.165) is 34.8 Å². The number of rotatable bonds is 3. The molecule has 0 aliphatic carbocycles.